The van der Waals surface area contributed by atoms with Crippen molar-refractivity contribution in [2.24, 2.45) is 11.8 Å². The molecule has 660 valence electrons. The number of aromatic nitrogens is 9. The molecule has 16 heterocycles. The molecule has 0 radical (unpaired) electrons. The van der Waals surface area contributed by atoms with Crippen LogP contribution in [0.25, 0.3) is 0 Å². The van der Waals surface area contributed by atoms with Gasteiger partial charge < -0.3 is 24.9 Å². The lowest BCUT2D eigenvalue weighted by atomic mass is 10.0. The van der Waals surface area contributed by atoms with Crippen LogP contribution in [0.4, 0.5) is 146 Å². The molecule has 1 aromatic carbocycles. The van der Waals surface area contributed by atoms with Crippen molar-refractivity contribution in [1.29, 1.82) is 0 Å². The third kappa shape index (κ3) is 19.9. The molecule has 0 aliphatic carbocycles. The number of carbonyl (C=O) groups excluding carboxylic acids is 8. The number of halogens is 13. The summed E-state index contributed by atoms with van der Waals surface area (Å²) in [6.07, 6.45) is -4.05. The van der Waals surface area contributed by atoms with Gasteiger partial charge in [-0.2, -0.15) is 39.5 Å². The Morgan fingerprint density at radius 1 is 0.421 bits per heavy atom. The van der Waals surface area contributed by atoms with E-state index in [2.05, 4.69) is 71.0 Å². The van der Waals surface area contributed by atoms with Crippen LogP contribution in [0.15, 0.2) is 140 Å². The molecule has 8 bridgehead atoms. The Morgan fingerprint density at radius 3 is 1.29 bits per heavy atom. The number of carbonyl (C=O) groups is 8. The number of urea groups is 4. The number of ketones is 3. The van der Waals surface area contributed by atoms with Crippen LogP contribution < -0.4 is 65.8 Å². The van der Waals surface area contributed by atoms with Crippen molar-refractivity contribution in [2.45, 2.75) is 128 Å². The number of benzene rings is 1. The quantitative estimate of drug-likeness (QED) is 0.0443. The maximum atomic E-state index is 14.0. The number of nitrogens with one attached hydrogen (secondary N) is 5. The van der Waals surface area contributed by atoms with Gasteiger partial charge in [0.15, 0.2) is 58.1 Å². The number of Topliss-reactive ketones (excluding diaryl/α,β-unsaturated/α-hetero) is 3. The molecule has 8 aromatic heterocycles. The van der Waals surface area contributed by atoms with Crippen molar-refractivity contribution in [3.8, 4) is 0 Å². The van der Waals surface area contributed by atoms with Gasteiger partial charge in [0.05, 0.1) is 77.3 Å². The molecule has 30 nitrogen and oxygen atoms in total. The average molecular weight is 1760 g/mol. The molecule has 126 heavy (non-hydrogen) atoms. The predicted octanol–water partition coefficient (Wildman–Crippen LogP) is 14.7. The van der Waals surface area contributed by atoms with Crippen LogP contribution in [0.5, 0.6) is 0 Å². The molecule has 4 fully saturated rings. The van der Waals surface area contributed by atoms with Crippen LogP contribution in [0.1, 0.15) is 119 Å². The maximum Gasteiger partial charge on any atom is 0.408 e. The van der Waals surface area contributed by atoms with E-state index in [0.717, 1.165) is 63.9 Å². The summed E-state index contributed by atoms with van der Waals surface area (Å²) in [5, 5.41) is 12.3. The van der Waals surface area contributed by atoms with E-state index in [-0.39, 0.29) is 94.4 Å². The third-order valence-corrected chi connectivity index (χ3v) is 22.3. The molecule has 4 saturated heterocycles. The number of amides is 9. The fourth-order valence-corrected chi connectivity index (χ4v) is 15.5. The first kappa shape index (κ1) is 88.5. The number of pyridine rings is 7. The third-order valence-electron chi connectivity index (χ3n) is 22.3. The molecule has 8 aliphatic rings. The SMILES string of the molecule is C[C@@H](CC(=O)c1ccc2c(n1)N(C(=O)Nc1ncc(F)cc1F)[C@H]1CCN2C1)C(F)(F)F.C[C@@H](NC(=O)c1ccc2c(n1)N(C(=O)Nc1cnccn1)[C@H]1CCN2C1)C(F)(F)F.Cc1cc(NC(=O)N2c3nc(C(=O)C[C@H](C)C(F)(F)F)ccc3N3CC[C@H]2C3)ncc1F.O=C(CCc1cccc(F)c1)c1ccc2c(n1)N(C(=O)Nc1ccccn1)[C@H]1CCN2C1. The lowest BCUT2D eigenvalue weighted by Gasteiger charge is -2.35. The molecule has 0 saturated carbocycles. The molecule has 0 unspecified atom stereocenters. The van der Waals surface area contributed by atoms with E-state index in [9.17, 15) is 95.4 Å². The summed E-state index contributed by atoms with van der Waals surface area (Å²) in [6.45, 7) is 9.42. The number of anilines is 12. The highest BCUT2D eigenvalue weighted by molar-refractivity contribution is 6.09. The summed E-state index contributed by atoms with van der Waals surface area (Å²) in [5.74, 6) is -7.73. The normalized spacial score (nSPS) is 18.0. The van der Waals surface area contributed by atoms with Gasteiger partial charge in [0, 0.05) is 96.3 Å². The minimum atomic E-state index is -4.57. The van der Waals surface area contributed by atoms with Crippen LogP contribution >= 0.6 is 0 Å². The minimum absolute atomic E-state index is 0.0173. The summed E-state index contributed by atoms with van der Waals surface area (Å²) in [7, 11) is 0. The maximum absolute atomic E-state index is 14.0. The topological polar surface area (TPSA) is 339 Å². The second-order valence-corrected chi connectivity index (χ2v) is 30.9. The van der Waals surface area contributed by atoms with Gasteiger partial charge in [-0.05, 0) is 136 Å². The van der Waals surface area contributed by atoms with Crippen LogP contribution in [0.3, 0.4) is 0 Å². The number of nitrogens with zero attached hydrogens (tertiary/aromatic N) is 17. The summed E-state index contributed by atoms with van der Waals surface area (Å²) in [6, 6.07) is 20.9. The van der Waals surface area contributed by atoms with Crippen molar-refractivity contribution < 1.29 is 95.4 Å². The second-order valence-electron chi connectivity index (χ2n) is 30.9. The van der Waals surface area contributed by atoms with Gasteiger partial charge in [-0.15, -0.1) is 0 Å². The summed E-state index contributed by atoms with van der Waals surface area (Å²) < 4.78 is 169. The highest BCUT2D eigenvalue weighted by Gasteiger charge is 2.47. The average Bonchev–Trinajstić information content (AvgIpc) is 1.54. The van der Waals surface area contributed by atoms with Crippen LogP contribution in [-0.2, 0) is 6.42 Å². The van der Waals surface area contributed by atoms with E-state index in [4.69, 9.17) is 0 Å². The van der Waals surface area contributed by atoms with Crippen LogP contribution in [0.2, 0.25) is 0 Å². The Labute approximate surface area is 709 Å². The highest BCUT2D eigenvalue weighted by Crippen LogP contribution is 2.45. The largest absolute Gasteiger partial charge is 0.408 e. The van der Waals surface area contributed by atoms with E-state index >= 15 is 0 Å². The van der Waals surface area contributed by atoms with Gasteiger partial charge in [-0.3, -0.25) is 65.0 Å². The lowest BCUT2D eigenvalue weighted by Crippen LogP contribution is -2.49. The summed E-state index contributed by atoms with van der Waals surface area (Å²) >= 11 is 0. The number of alkyl halides is 9. The fraction of sp³-hybridized carbons (Fsp3) is 0.361. The van der Waals surface area contributed by atoms with Gasteiger partial charge in [0.1, 0.15) is 57.9 Å². The van der Waals surface area contributed by atoms with Crippen molar-refractivity contribution in [3.05, 3.63) is 197 Å². The first-order valence-corrected chi connectivity index (χ1v) is 39.8. The van der Waals surface area contributed by atoms with E-state index < -0.39 is 108 Å². The molecule has 43 heteroatoms. The molecular weight excluding hydrogens is 1680 g/mol. The zero-order valence-electron chi connectivity index (χ0n) is 67.4. The number of hydrogen-bond donors (Lipinski definition) is 5. The Kier molecular flexibility index (Phi) is 25.7. The zero-order chi connectivity index (χ0) is 90.0. The van der Waals surface area contributed by atoms with Gasteiger partial charge >= 0.3 is 42.7 Å². The monoisotopic (exact) mass is 1760 g/mol. The number of rotatable bonds is 16. The Morgan fingerprint density at radius 2 is 0.865 bits per heavy atom. The van der Waals surface area contributed by atoms with E-state index in [1.165, 1.54) is 75.8 Å². The molecule has 5 N–H and O–H groups in total. The Bertz CT molecular complexity index is 5650. The van der Waals surface area contributed by atoms with Gasteiger partial charge in [-0.1, -0.05) is 32.0 Å². The molecule has 0 spiro atoms. The highest BCUT2D eigenvalue weighted by atomic mass is 19.4. The molecule has 17 rings (SSSR count). The smallest absolute Gasteiger partial charge is 0.366 e. The molecule has 8 aliphatic heterocycles. The van der Waals surface area contributed by atoms with Crippen LogP contribution in [0, 0.1) is 42.0 Å². The first-order chi connectivity index (χ1) is 59.9. The van der Waals surface area contributed by atoms with Gasteiger partial charge in [-0.25, -0.2) is 76.6 Å². The Balaban J connectivity index is 0.000000136. The van der Waals surface area contributed by atoms with Crippen molar-refractivity contribution in [1.82, 2.24) is 50.2 Å². The van der Waals surface area contributed by atoms with Gasteiger partial charge in [0.25, 0.3) is 5.91 Å². The van der Waals surface area contributed by atoms with E-state index in [1.54, 1.807) is 66.6 Å². The summed E-state index contributed by atoms with van der Waals surface area (Å²) in [4.78, 5) is 153. The number of fused-ring (bicyclic) bond motifs is 16. The minimum Gasteiger partial charge on any atom is -0.366 e. The number of aryl methyl sites for hydroxylation is 2. The fourth-order valence-electron chi connectivity index (χ4n) is 15.5. The van der Waals surface area contributed by atoms with Crippen molar-refractivity contribution in [3.63, 3.8) is 0 Å². The predicted molar refractivity (Wildman–Crippen MR) is 435 cm³/mol. The zero-order valence-corrected chi connectivity index (χ0v) is 67.4. The second kappa shape index (κ2) is 36.6. The number of hydrogen-bond acceptors (Lipinski definition) is 21. The molecule has 9 amide bonds. The van der Waals surface area contributed by atoms with E-state index in [1.807, 2.05) is 26.1 Å². The first-order valence-electron chi connectivity index (χ1n) is 39.8. The standard InChI is InChI=1S/C24H22FN5O2.C21H21F4N5O2.C20H18F5N5O2.C18H18F3N7O2/c25-17-5-3-4-16(14-17)7-10-21(31)19-8-9-20-23(27-19)30(18-11-13-29(20)15-18)24(32)28-22-6-1-2-12-26-22;1-11-7-18(26-9-14(11)22)28-20(32)30-13-5-6-29(10-13)16-4-3-15(27-19(16)30)17(31)8-12(2)21(23,24)25;1-10(20(23,24)25)6-16(31)14-2-3-15-18(27-14)30(12-4-5-29(15)9-12)19(32)28-17-13(22)7-11(21)8-26-17;1-10(18(19,20)21)24-16(29)12-2-3-13-15(25-12)28(11-4-7-27(13)9-11)17(30)26-14-8-22-5-6-23-14/h1-6,8-9,12,14,18H,7,10-11,13,15H2,(H,26,28,32);3-4,7,9,12-13H,5-6,8,10H2,1-2H3,(H,26,28,32);2-3,7-8,10,12H,4-6,9H2,1H3,(H,26,28,32);2-3,5-6,8,10-11H,4,7,9H2,1H3,(H,24,29)(H,23,26,30)/t18-;12-,13-;10-,12-;10-,11+/m0001/s1. The van der Waals surface area contributed by atoms with Crippen molar-refractivity contribution >= 4 is 117 Å². The van der Waals surface area contributed by atoms with Crippen LogP contribution in [-0.4, -0.2) is 193 Å². The summed E-state index contributed by atoms with van der Waals surface area (Å²) in [5.41, 5.74) is 3.47. The van der Waals surface area contributed by atoms with E-state index in [0.29, 0.717) is 111 Å². The molecular formula is C83H79F13N22O8. The molecule has 7 atom stereocenters. The van der Waals surface area contributed by atoms with Crippen molar-refractivity contribution in [2.75, 3.05) is 113 Å². The van der Waals surface area contributed by atoms with Gasteiger partial charge in [0.2, 0.25) is 0 Å². The molecule has 9 aromatic rings. The lowest BCUT2D eigenvalue weighted by molar-refractivity contribution is -0.169. The Hall–Kier alpha value is -13.8.